The van der Waals surface area contributed by atoms with Gasteiger partial charge in [0.25, 0.3) is 5.91 Å². The minimum atomic E-state index is -0.0558. The number of hydrogen-bond donors (Lipinski definition) is 0. The zero-order chi connectivity index (χ0) is 16.2. The topological polar surface area (TPSA) is 42.4 Å². The van der Waals surface area contributed by atoms with E-state index in [0.717, 1.165) is 31.5 Å². The zero-order valence-electron chi connectivity index (χ0n) is 13.0. The molecule has 3 rings (SSSR count). The van der Waals surface area contributed by atoms with Crippen molar-refractivity contribution in [2.45, 2.75) is 25.3 Å². The van der Waals surface area contributed by atoms with E-state index in [2.05, 4.69) is 4.98 Å². The molecule has 0 saturated carbocycles. The number of hydrogen-bond acceptors (Lipinski definition) is 3. The minimum absolute atomic E-state index is 0.00105. The van der Waals surface area contributed by atoms with Crippen LogP contribution in [0.5, 0.6) is 5.75 Å². The van der Waals surface area contributed by atoms with Crippen molar-refractivity contribution in [1.82, 2.24) is 9.88 Å². The number of carbonyl (C=O) groups is 1. The number of rotatable bonds is 3. The molecule has 5 heteroatoms. The SMILES string of the molecule is COc1ccc(Cl)cc1C(=O)N1CCCC[C@@H]1c1ccccn1. The third-order valence-corrected chi connectivity index (χ3v) is 4.42. The van der Waals surface area contributed by atoms with Crippen LogP contribution in [0.4, 0.5) is 0 Å². The third-order valence-electron chi connectivity index (χ3n) is 4.18. The van der Waals surface area contributed by atoms with Crippen molar-refractivity contribution in [2.24, 2.45) is 0 Å². The summed E-state index contributed by atoms with van der Waals surface area (Å²) in [6, 6.07) is 11.0. The summed E-state index contributed by atoms with van der Waals surface area (Å²) in [7, 11) is 1.56. The number of methoxy groups -OCH3 is 1. The minimum Gasteiger partial charge on any atom is -0.496 e. The van der Waals surface area contributed by atoms with Gasteiger partial charge in [-0.3, -0.25) is 9.78 Å². The molecule has 1 aliphatic rings. The van der Waals surface area contributed by atoms with Crippen molar-refractivity contribution in [3.63, 3.8) is 0 Å². The molecule has 1 amide bonds. The molecule has 1 saturated heterocycles. The number of nitrogens with zero attached hydrogens (tertiary/aromatic N) is 2. The molecule has 2 aromatic rings. The predicted octanol–water partition coefficient (Wildman–Crippen LogP) is 4.11. The standard InChI is InChI=1S/C18H19ClN2O2/c1-23-17-9-8-13(19)12-14(17)18(22)21-11-5-3-7-16(21)15-6-2-4-10-20-15/h2,4,6,8-10,12,16H,3,5,7,11H2,1H3/t16-/m1/s1. The number of pyridine rings is 1. The number of amides is 1. The van der Waals surface area contributed by atoms with Gasteiger partial charge in [-0.15, -0.1) is 0 Å². The maximum Gasteiger partial charge on any atom is 0.258 e. The lowest BCUT2D eigenvalue weighted by Crippen LogP contribution is -2.39. The highest BCUT2D eigenvalue weighted by Gasteiger charge is 2.30. The highest BCUT2D eigenvalue weighted by Crippen LogP contribution is 2.33. The Balaban J connectivity index is 1.95. The Labute approximate surface area is 141 Å². The highest BCUT2D eigenvalue weighted by molar-refractivity contribution is 6.31. The molecule has 0 spiro atoms. The molecule has 4 nitrogen and oxygen atoms in total. The second-order valence-electron chi connectivity index (χ2n) is 5.61. The van der Waals surface area contributed by atoms with Gasteiger partial charge in [0, 0.05) is 17.8 Å². The summed E-state index contributed by atoms with van der Waals surface area (Å²) < 4.78 is 5.33. The van der Waals surface area contributed by atoms with E-state index in [1.54, 1.807) is 31.5 Å². The van der Waals surface area contributed by atoms with E-state index < -0.39 is 0 Å². The van der Waals surface area contributed by atoms with Gasteiger partial charge < -0.3 is 9.64 Å². The number of carbonyl (C=O) groups excluding carboxylic acids is 1. The summed E-state index contributed by atoms with van der Waals surface area (Å²) in [6.45, 7) is 0.718. The molecule has 0 N–H and O–H groups in total. The summed E-state index contributed by atoms with van der Waals surface area (Å²) in [5, 5.41) is 0.528. The highest BCUT2D eigenvalue weighted by atomic mass is 35.5. The van der Waals surface area contributed by atoms with Crippen LogP contribution in [0.1, 0.15) is 41.4 Å². The number of benzene rings is 1. The fourth-order valence-electron chi connectivity index (χ4n) is 3.06. The monoisotopic (exact) mass is 330 g/mol. The molecule has 0 aliphatic carbocycles. The van der Waals surface area contributed by atoms with Gasteiger partial charge in [-0.1, -0.05) is 17.7 Å². The molecule has 0 radical (unpaired) electrons. The van der Waals surface area contributed by atoms with Crippen molar-refractivity contribution >= 4 is 17.5 Å². The Kier molecular flexibility index (Phi) is 4.82. The third kappa shape index (κ3) is 3.32. The maximum atomic E-state index is 13.1. The van der Waals surface area contributed by atoms with E-state index in [4.69, 9.17) is 16.3 Å². The second-order valence-corrected chi connectivity index (χ2v) is 6.05. The number of aromatic nitrogens is 1. The Hall–Kier alpha value is -2.07. The number of halogens is 1. The van der Waals surface area contributed by atoms with Crippen LogP contribution in [-0.2, 0) is 0 Å². The Morgan fingerprint density at radius 1 is 1.30 bits per heavy atom. The molecule has 1 aromatic heterocycles. The summed E-state index contributed by atoms with van der Waals surface area (Å²) in [6.07, 6.45) is 4.79. The van der Waals surface area contributed by atoms with Crippen LogP contribution in [0.2, 0.25) is 5.02 Å². The van der Waals surface area contributed by atoms with Crippen LogP contribution in [0.15, 0.2) is 42.6 Å². The van der Waals surface area contributed by atoms with Crippen LogP contribution >= 0.6 is 11.6 Å². The molecule has 1 aromatic carbocycles. The van der Waals surface area contributed by atoms with E-state index in [-0.39, 0.29) is 11.9 Å². The molecule has 1 fully saturated rings. The van der Waals surface area contributed by atoms with Crippen LogP contribution in [0, 0.1) is 0 Å². The van der Waals surface area contributed by atoms with Crippen LogP contribution in [0.3, 0.4) is 0 Å². The number of likely N-dealkylation sites (tertiary alicyclic amines) is 1. The maximum absolute atomic E-state index is 13.1. The molecule has 2 heterocycles. The molecule has 23 heavy (non-hydrogen) atoms. The molecule has 0 bridgehead atoms. The van der Waals surface area contributed by atoms with Crippen molar-refractivity contribution in [1.29, 1.82) is 0 Å². The largest absolute Gasteiger partial charge is 0.496 e. The molecule has 120 valence electrons. The van der Waals surface area contributed by atoms with Gasteiger partial charge in [0.1, 0.15) is 5.75 Å². The molecule has 1 atom stereocenters. The number of ether oxygens (including phenoxy) is 1. The quantitative estimate of drug-likeness (QED) is 0.850. The van der Waals surface area contributed by atoms with Crippen LogP contribution in [-0.4, -0.2) is 29.4 Å². The van der Waals surface area contributed by atoms with Gasteiger partial charge in [0.2, 0.25) is 0 Å². The summed E-state index contributed by atoms with van der Waals surface area (Å²) in [5.74, 6) is 0.490. The van der Waals surface area contributed by atoms with E-state index in [1.165, 1.54) is 0 Å². The first-order valence-corrected chi connectivity index (χ1v) is 8.14. The second kappa shape index (κ2) is 7.01. The fourth-order valence-corrected chi connectivity index (χ4v) is 3.23. The lowest BCUT2D eigenvalue weighted by molar-refractivity contribution is 0.0602. The van der Waals surface area contributed by atoms with E-state index >= 15 is 0 Å². The average Bonchev–Trinajstić information content (AvgIpc) is 2.62. The van der Waals surface area contributed by atoms with Gasteiger partial charge in [-0.05, 0) is 49.6 Å². The summed E-state index contributed by atoms with van der Waals surface area (Å²) in [5.41, 5.74) is 1.43. The van der Waals surface area contributed by atoms with E-state index in [1.807, 2.05) is 23.1 Å². The van der Waals surface area contributed by atoms with Gasteiger partial charge >= 0.3 is 0 Å². The predicted molar refractivity (Wildman–Crippen MR) is 89.9 cm³/mol. The Morgan fingerprint density at radius 3 is 2.91 bits per heavy atom. The fraction of sp³-hybridized carbons (Fsp3) is 0.333. The molecular formula is C18H19ClN2O2. The lowest BCUT2D eigenvalue weighted by atomic mass is 9.97. The van der Waals surface area contributed by atoms with Crippen LogP contribution in [0.25, 0.3) is 0 Å². The van der Waals surface area contributed by atoms with E-state index in [9.17, 15) is 4.79 Å². The first-order chi connectivity index (χ1) is 11.2. The smallest absolute Gasteiger partial charge is 0.258 e. The molecule has 1 aliphatic heterocycles. The van der Waals surface area contributed by atoms with E-state index in [0.29, 0.717) is 16.3 Å². The average molecular weight is 331 g/mol. The van der Waals surface area contributed by atoms with Crippen LogP contribution < -0.4 is 4.74 Å². The Bertz CT molecular complexity index is 691. The first kappa shape index (κ1) is 15.8. The van der Waals surface area contributed by atoms with Gasteiger partial charge in [-0.25, -0.2) is 0 Å². The van der Waals surface area contributed by atoms with Crippen molar-refractivity contribution < 1.29 is 9.53 Å². The van der Waals surface area contributed by atoms with Gasteiger partial charge in [0.05, 0.1) is 24.4 Å². The van der Waals surface area contributed by atoms with Gasteiger partial charge in [0.15, 0.2) is 0 Å². The molecular weight excluding hydrogens is 312 g/mol. The number of piperidine rings is 1. The summed E-state index contributed by atoms with van der Waals surface area (Å²) >= 11 is 6.07. The molecule has 0 unspecified atom stereocenters. The lowest BCUT2D eigenvalue weighted by Gasteiger charge is -2.35. The van der Waals surface area contributed by atoms with Gasteiger partial charge in [-0.2, -0.15) is 0 Å². The normalized spacial score (nSPS) is 17.8. The van der Waals surface area contributed by atoms with Crippen molar-refractivity contribution in [2.75, 3.05) is 13.7 Å². The van der Waals surface area contributed by atoms with Crippen molar-refractivity contribution in [3.05, 3.63) is 58.9 Å². The summed E-state index contributed by atoms with van der Waals surface area (Å²) in [4.78, 5) is 19.4. The van der Waals surface area contributed by atoms with Crippen molar-refractivity contribution in [3.8, 4) is 5.75 Å². The first-order valence-electron chi connectivity index (χ1n) is 7.76. The zero-order valence-corrected chi connectivity index (χ0v) is 13.8. The Morgan fingerprint density at radius 2 is 2.17 bits per heavy atom.